The first kappa shape index (κ1) is 18.9. The van der Waals surface area contributed by atoms with Gasteiger partial charge in [-0.3, -0.25) is 4.79 Å². The topological polar surface area (TPSA) is 58.6 Å². The monoisotopic (exact) mass is 390 g/mol. The van der Waals surface area contributed by atoms with Crippen LogP contribution in [0, 0.1) is 0 Å². The molecular weight excluding hydrogens is 381 g/mol. The molecule has 5 nitrogen and oxygen atoms in total. The highest BCUT2D eigenvalue weighted by molar-refractivity contribution is 7.79. The Balaban J connectivity index is 2.04. The Hall–Kier alpha value is -2.39. The molecule has 1 N–H and O–H groups in total. The molecule has 0 unspecified atom stereocenters. The highest BCUT2D eigenvalue weighted by atomic mass is 35.5. The molecule has 0 aliphatic carbocycles. The number of hydrogen-bond donors (Lipinski definition) is 2. The summed E-state index contributed by atoms with van der Waals surface area (Å²) in [5.74, 6) is -1.20. The molecule has 0 fully saturated rings. The Kier molecular flexibility index (Phi) is 5.81. The fraction of sp³-hybridized carbons (Fsp3) is 0.0667. The zero-order chi connectivity index (χ0) is 18.6. The van der Waals surface area contributed by atoms with Gasteiger partial charge in [0.05, 0.1) is 10.6 Å². The van der Waals surface area contributed by atoms with E-state index in [1.54, 1.807) is 12.1 Å². The molecule has 0 radical (unpaired) electrons. The van der Waals surface area contributed by atoms with Crippen molar-refractivity contribution in [3.63, 3.8) is 0 Å². The standard InChI is InChI=1S/C15H10ClF3N2O3S/c16-12-4-2-1-3-11(12)13(22)21(25)14(23)20-9-5-7-10(8-6-9)24-15(17,18)19/h1-8,25H,(H,20,23). The average Bonchev–Trinajstić information content (AvgIpc) is 2.54. The number of carbonyl (C=O) groups is 2. The Labute approximate surface area is 150 Å². The van der Waals surface area contributed by atoms with E-state index in [0.717, 1.165) is 12.1 Å². The fourth-order valence-electron chi connectivity index (χ4n) is 1.76. The molecule has 0 saturated heterocycles. The summed E-state index contributed by atoms with van der Waals surface area (Å²) >= 11 is 9.70. The first-order chi connectivity index (χ1) is 11.7. The minimum Gasteiger partial charge on any atom is -0.406 e. The number of rotatable bonds is 3. The number of carbonyl (C=O) groups excluding carboxylic acids is 2. The molecule has 0 aliphatic heterocycles. The largest absolute Gasteiger partial charge is 0.573 e. The van der Waals surface area contributed by atoms with E-state index in [2.05, 4.69) is 22.9 Å². The second-order valence-electron chi connectivity index (χ2n) is 4.60. The van der Waals surface area contributed by atoms with E-state index in [4.69, 9.17) is 11.6 Å². The fourth-order valence-corrected chi connectivity index (χ4v) is 2.13. The van der Waals surface area contributed by atoms with Crippen molar-refractivity contribution >= 4 is 42.0 Å². The van der Waals surface area contributed by atoms with Crippen molar-refractivity contribution in [2.75, 3.05) is 5.32 Å². The van der Waals surface area contributed by atoms with Gasteiger partial charge < -0.3 is 10.1 Å². The third kappa shape index (κ3) is 5.30. The predicted molar refractivity (Wildman–Crippen MR) is 88.8 cm³/mol. The first-order valence-electron chi connectivity index (χ1n) is 6.62. The summed E-state index contributed by atoms with van der Waals surface area (Å²) in [6.07, 6.45) is -4.81. The normalized spacial score (nSPS) is 10.9. The number of hydrogen-bond acceptors (Lipinski definition) is 4. The van der Waals surface area contributed by atoms with Crippen LogP contribution in [0.15, 0.2) is 48.5 Å². The Morgan fingerprint density at radius 2 is 1.68 bits per heavy atom. The molecule has 0 aromatic heterocycles. The lowest BCUT2D eigenvalue weighted by Crippen LogP contribution is -2.32. The van der Waals surface area contributed by atoms with Gasteiger partial charge in [-0.05, 0) is 36.4 Å². The zero-order valence-electron chi connectivity index (χ0n) is 12.2. The SMILES string of the molecule is O=C(Nc1ccc(OC(F)(F)F)cc1)N(S)C(=O)c1ccccc1Cl. The van der Waals surface area contributed by atoms with Crippen LogP contribution in [0.2, 0.25) is 5.02 Å². The molecule has 25 heavy (non-hydrogen) atoms. The molecule has 0 aliphatic rings. The van der Waals surface area contributed by atoms with Gasteiger partial charge in [0, 0.05) is 5.69 Å². The quantitative estimate of drug-likeness (QED) is 0.743. The van der Waals surface area contributed by atoms with E-state index in [1.165, 1.54) is 24.3 Å². The molecule has 10 heteroatoms. The van der Waals surface area contributed by atoms with Gasteiger partial charge in [-0.1, -0.05) is 36.5 Å². The van der Waals surface area contributed by atoms with Crippen LogP contribution in [0.3, 0.4) is 0 Å². The molecule has 2 aromatic carbocycles. The predicted octanol–water partition coefficient (Wildman–Crippen LogP) is 4.76. The number of thiol groups is 1. The highest BCUT2D eigenvalue weighted by Crippen LogP contribution is 2.24. The number of imide groups is 1. The number of ether oxygens (including phenoxy) is 1. The van der Waals surface area contributed by atoms with Crippen LogP contribution in [0.4, 0.5) is 23.7 Å². The molecule has 0 atom stereocenters. The second kappa shape index (κ2) is 7.66. The van der Waals surface area contributed by atoms with Crippen molar-refractivity contribution in [2.24, 2.45) is 0 Å². The Morgan fingerprint density at radius 3 is 2.24 bits per heavy atom. The van der Waals surface area contributed by atoms with Crippen LogP contribution in [0.1, 0.15) is 10.4 Å². The van der Waals surface area contributed by atoms with Gasteiger partial charge in [0.1, 0.15) is 5.75 Å². The van der Waals surface area contributed by atoms with Crippen molar-refractivity contribution in [3.8, 4) is 5.75 Å². The molecule has 0 bridgehead atoms. The van der Waals surface area contributed by atoms with Crippen LogP contribution in [0.5, 0.6) is 5.75 Å². The van der Waals surface area contributed by atoms with Gasteiger partial charge in [-0.25, -0.2) is 9.10 Å². The number of nitrogens with zero attached hydrogens (tertiary/aromatic N) is 1. The van der Waals surface area contributed by atoms with E-state index in [0.29, 0.717) is 4.31 Å². The summed E-state index contributed by atoms with van der Waals surface area (Å²) in [5, 5.41) is 2.46. The lowest BCUT2D eigenvalue weighted by molar-refractivity contribution is -0.274. The van der Waals surface area contributed by atoms with E-state index >= 15 is 0 Å². The van der Waals surface area contributed by atoms with Crippen LogP contribution >= 0.6 is 24.4 Å². The first-order valence-corrected chi connectivity index (χ1v) is 7.40. The molecule has 0 spiro atoms. The molecule has 3 amide bonds. The lowest BCUT2D eigenvalue weighted by Gasteiger charge is -2.16. The molecule has 0 saturated carbocycles. The summed E-state index contributed by atoms with van der Waals surface area (Å²) in [6.45, 7) is 0. The maximum atomic E-state index is 12.2. The number of urea groups is 1. The molecule has 2 aromatic rings. The van der Waals surface area contributed by atoms with Gasteiger partial charge in [-0.15, -0.1) is 13.2 Å². The number of nitrogens with one attached hydrogen (secondary N) is 1. The van der Waals surface area contributed by atoms with E-state index < -0.39 is 24.1 Å². The summed E-state index contributed by atoms with van der Waals surface area (Å²) in [5.41, 5.74) is 0.216. The smallest absolute Gasteiger partial charge is 0.406 e. The van der Waals surface area contributed by atoms with Gasteiger partial charge in [0.15, 0.2) is 0 Å². The minimum absolute atomic E-state index is 0.0724. The number of alkyl halides is 3. The van der Waals surface area contributed by atoms with Crippen molar-refractivity contribution in [3.05, 3.63) is 59.1 Å². The van der Waals surface area contributed by atoms with Gasteiger partial charge in [0.2, 0.25) is 0 Å². The molecule has 2 rings (SSSR count). The van der Waals surface area contributed by atoms with Crippen LogP contribution < -0.4 is 10.1 Å². The van der Waals surface area contributed by atoms with Crippen molar-refractivity contribution in [2.45, 2.75) is 6.36 Å². The molecule has 132 valence electrons. The third-order valence-corrected chi connectivity index (χ3v) is 3.52. The molecular formula is C15H10ClF3N2O3S. The van der Waals surface area contributed by atoms with Crippen LogP contribution in [-0.2, 0) is 0 Å². The summed E-state index contributed by atoms with van der Waals surface area (Å²) in [7, 11) is 0. The van der Waals surface area contributed by atoms with E-state index in [9.17, 15) is 22.8 Å². The average molecular weight is 391 g/mol. The lowest BCUT2D eigenvalue weighted by atomic mass is 10.2. The van der Waals surface area contributed by atoms with Crippen molar-refractivity contribution < 1.29 is 27.5 Å². The maximum Gasteiger partial charge on any atom is 0.573 e. The maximum absolute atomic E-state index is 12.2. The van der Waals surface area contributed by atoms with Gasteiger partial charge in [-0.2, -0.15) is 0 Å². The molecule has 0 heterocycles. The number of halogens is 4. The minimum atomic E-state index is -4.81. The zero-order valence-corrected chi connectivity index (χ0v) is 13.9. The number of amides is 3. The third-order valence-electron chi connectivity index (χ3n) is 2.83. The number of benzene rings is 2. The summed E-state index contributed by atoms with van der Waals surface area (Å²) in [4.78, 5) is 24.2. The Morgan fingerprint density at radius 1 is 1.08 bits per heavy atom. The van der Waals surface area contributed by atoms with Crippen molar-refractivity contribution in [1.82, 2.24) is 4.31 Å². The number of anilines is 1. The van der Waals surface area contributed by atoms with Crippen molar-refractivity contribution in [1.29, 1.82) is 0 Å². The van der Waals surface area contributed by atoms with E-state index in [1.807, 2.05) is 0 Å². The Bertz CT molecular complexity index is 784. The van der Waals surface area contributed by atoms with Gasteiger partial charge in [0.25, 0.3) is 5.91 Å². The summed E-state index contributed by atoms with van der Waals surface area (Å²) in [6, 6.07) is 9.57. The second-order valence-corrected chi connectivity index (χ2v) is 5.41. The van der Waals surface area contributed by atoms with E-state index in [-0.39, 0.29) is 16.3 Å². The summed E-state index contributed by atoms with van der Waals surface area (Å²) < 4.78 is 40.5. The van der Waals surface area contributed by atoms with Gasteiger partial charge >= 0.3 is 12.4 Å². The highest BCUT2D eigenvalue weighted by Gasteiger charge is 2.31. The van der Waals surface area contributed by atoms with Crippen LogP contribution in [0.25, 0.3) is 0 Å². The van der Waals surface area contributed by atoms with Crippen LogP contribution in [-0.4, -0.2) is 22.6 Å².